The Hall–Kier alpha value is -2.61. The van der Waals surface area contributed by atoms with Gasteiger partial charge in [0.1, 0.15) is 0 Å². The molecule has 1 aromatic heterocycles. The highest BCUT2D eigenvalue weighted by molar-refractivity contribution is 5.85. The monoisotopic (exact) mass is 400 g/mol. The maximum atomic E-state index is 6.37. The lowest BCUT2D eigenvalue weighted by molar-refractivity contribution is 0.174. The summed E-state index contributed by atoms with van der Waals surface area (Å²) in [6, 6.07) is 16.1. The predicted molar refractivity (Wildman–Crippen MR) is 106 cm³/mol. The lowest BCUT2D eigenvalue weighted by atomic mass is 9.95. The molecular weight excluding hydrogens is 380 g/mol. The number of rotatable bonds is 4. The predicted octanol–water partition coefficient (Wildman–Crippen LogP) is 2.81. The molecule has 146 valence electrons. The second-order valence-electron chi connectivity index (χ2n) is 6.95. The summed E-state index contributed by atoms with van der Waals surface area (Å²) in [4.78, 5) is 6.80. The van der Waals surface area contributed by atoms with Crippen molar-refractivity contribution in [2.75, 3.05) is 19.9 Å². The molecule has 7 nitrogen and oxygen atoms in total. The van der Waals surface area contributed by atoms with Crippen LogP contribution in [0.2, 0.25) is 0 Å². The minimum Gasteiger partial charge on any atom is -0.454 e. The Morgan fingerprint density at radius 3 is 2.71 bits per heavy atom. The van der Waals surface area contributed by atoms with E-state index >= 15 is 0 Å². The van der Waals surface area contributed by atoms with Crippen LogP contribution in [0.1, 0.15) is 17.4 Å². The topological polar surface area (TPSA) is 86.6 Å². The number of nitrogens with two attached hydrogens (primary N) is 1. The molecule has 2 N–H and O–H groups in total. The lowest BCUT2D eigenvalue weighted by Gasteiger charge is -2.14. The molecular formula is C20H21ClN4O3. The summed E-state index contributed by atoms with van der Waals surface area (Å²) in [5.74, 6) is 2.90. The third-order valence-corrected chi connectivity index (χ3v) is 5.13. The highest BCUT2D eigenvalue weighted by Gasteiger charge is 2.32. The zero-order chi connectivity index (χ0) is 18.2. The summed E-state index contributed by atoms with van der Waals surface area (Å²) >= 11 is 0. The zero-order valence-electron chi connectivity index (χ0n) is 15.2. The second-order valence-corrected chi connectivity index (χ2v) is 6.95. The van der Waals surface area contributed by atoms with Crippen LogP contribution in [0.4, 0.5) is 0 Å². The van der Waals surface area contributed by atoms with E-state index in [9.17, 15) is 0 Å². The number of nitrogens with zero attached hydrogens (tertiary/aromatic N) is 3. The maximum absolute atomic E-state index is 6.37. The van der Waals surface area contributed by atoms with Gasteiger partial charge in [0.05, 0.1) is 6.54 Å². The molecule has 0 aliphatic carbocycles. The van der Waals surface area contributed by atoms with Crippen LogP contribution in [-0.2, 0) is 6.54 Å². The van der Waals surface area contributed by atoms with Crippen molar-refractivity contribution in [1.29, 1.82) is 0 Å². The molecule has 1 saturated heterocycles. The number of fused-ring (bicyclic) bond motifs is 1. The van der Waals surface area contributed by atoms with Crippen molar-refractivity contribution in [2.24, 2.45) is 5.73 Å². The van der Waals surface area contributed by atoms with Crippen LogP contribution in [0.5, 0.6) is 11.5 Å². The fourth-order valence-corrected chi connectivity index (χ4v) is 3.76. The first-order valence-electron chi connectivity index (χ1n) is 9.02. The molecule has 0 saturated carbocycles. The van der Waals surface area contributed by atoms with E-state index in [1.807, 2.05) is 24.3 Å². The molecule has 0 spiro atoms. The molecule has 3 aromatic rings. The van der Waals surface area contributed by atoms with Crippen molar-refractivity contribution in [3.63, 3.8) is 0 Å². The van der Waals surface area contributed by atoms with Gasteiger partial charge in [0.2, 0.25) is 18.5 Å². The molecule has 2 aromatic carbocycles. The molecule has 0 radical (unpaired) electrons. The number of aromatic nitrogens is 2. The van der Waals surface area contributed by atoms with Crippen LogP contribution in [0, 0.1) is 0 Å². The number of likely N-dealkylation sites (tertiary alicyclic amines) is 1. The third kappa shape index (κ3) is 3.56. The van der Waals surface area contributed by atoms with Gasteiger partial charge < -0.3 is 19.7 Å². The van der Waals surface area contributed by atoms with Crippen molar-refractivity contribution >= 4 is 12.4 Å². The SMILES string of the molecule is Cl.N[C@@H]1CN(Cc2nc(-c3ccc4c(c3)OCO4)no2)C[C@H]1c1ccccc1. The molecule has 2 atom stereocenters. The van der Waals surface area contributed by atoms with Crippen LogP contribution in [-0.4, -0.2) is 41.0 Å². The third-order valence-electron chi connectivity index (χ3n) is 5.13. The molecule has 0 bridgehead atoms. The fraction of sp³-hybridized carbons (Fsp3) is 0.300. The number of hydrogen-bond acceptors (Lipinski definition) is 7. The van der Waals surface area contributed by atoms with Crippen LogP contribution >= 0.6 is 12.4 Å². The van der Waals surface area contributed by atoms with Gasteiger partial charge in [-0.25, -0.2) is 0 Å². The lowest BCUT2D eigenvalue weighted by Crippen LogP contribution is -2.28. The van der Waals surface area contributed by atoms with Gasteiger partial charge in [0.25, 0.3) is 0 Å². The van der Waals surface area contributed by atoms with E-state index < -0.39 is 0 Å². The first-order chi connectivity index (χ1) is 13.3. The Morgan fingerprint density at radius 1 is 1.04 bits per heavy atom. The van der Waals surface area contributed by atoms with Crippen LogP contribution in [0.3, 0.4) is 0 Å². The van der Waals surface area contributed by atoms with Crippen molar-refractivity contribution < 1.29 is 14.0 Å². The fourth-order valence-electron chi connectivity index (χ4n) is 3.76. The summed E-state index contributed by atoms with van der Waals surface area (Å²) in [5.41, 5.74) is 8.49. The quantitative estimate of drug-likeness (QED) is 0.720. The van der Waals surface area contributed by atoms with Gasteiger partial charge in [0, 0.05) is 30.6 Å². The molecule has 2 aliphatic heterocycles. The first kappa shape index (κ1) is 18.7. The summed E-state index contributed by atoms with van der Waals surface area (Å²) in [7, 11) is 0. The molecule has 2 aliphatic rings. The van der Waals surface area contributed by atoms with Gasteiger partial charge in [-0.2, -0.15) is 4.98 Å². The van der Waals surface area contributed by atoms with E-state index in [1.165, 1.54) is 5.56 Å². The van der Waals surface area contributed by atoms with Gasteiger partial charge in [-0.05, 0) is 23.8 Å². The van der Waals surface area contributed by atoms with Gasteiger partial charge in [-0.15, -0.1) is 12.4 Å². The minimum atomic E-state index is 0. The van der Waals surface area contributed by atoms with Crippen molar-refractivity contribution in [3.8, 4) is 22.9 Å². The Balaban J connectivity index is 0.00000192. The largest absolute Gasteiger partial charge is 0.454 e. The van der Waals surface area contributed by atoms with Gasteiger partial charge in [-0.1, -0.05) is 35.5 Å². The maximum Gasteiger partial charge on any atom is 0.241 e. The summed E-state index contributed by atoms with van der Waals surface area (Å²) in [6.45, 7) is 2.52. The van der Waals surface area contributed by atoms with Crippen LogP contribution in [0.15, 0.2) is 53.1 Å². The molecule has 0 amide bonds. The molecule has 0 unspecified atom stereocenters. The smallest absolute Gasteiger partial charge is 0.241 e. The summed E-state index contributed by atoms with van der Waals surface area (Å²) < 4.78 is 16.2. The first-order valence-corrected chi connectivity index (χ1v) is 9.02. The van der Waals surface area contributed by atoms with Crippen LogP contribution in [0.25, 0.3) is 11.4 Å². The number of hydrogen-bond donors (Lipinski definition) is 1. The van der Waals surface area contributed by atoms with Gasteiger partial charge in [-0.3, -0.25) is 4.90 Å². The van der Waals surface area contributed by atoms with E-state index in [1.54, 1.807) is 0 Å². The van der Waals surface area contributed by atoms with E-state index in [0.717, 1.165) is 24.4 Å². The summed E-state index contributed by atoms with van der Waals surface area (Å²) in [6.07, 6.45) is 0. The number of halogens is 1. The minimum absolute atomic E-state index is 0. The molecule has 5 rings (SSSR count). The molecule has 3 heterocycles. The van der Waals surface area contributed by atoms with E-state index in [-0.39, 0.29) is 25.2 Å². The van der Waals surface area contributed by atoms with Crippen molar-refractivity contribution in [2.45, 2.75) is 18.5 Å². The average molecular weight is 401 g/mol. The Kier molecular flexibility index (Phi) is 5.21. The van der Waals surface area contributed by atoms with Crippen LogP contribution < -0.4 is 15.2 Å². The number of benzene rings is 2. The van der Waals surface area contributed by atoms with Gasteiger partial charge >= 0.3 is 0 Å². The summed E-state index contributed by atoms with van der Waals surface area (Å²) in [5, 5.41) is 4.11. The zero-order valence-corrected chi connectivity index (χ0v) is 16.0. The molecule has 1 fully saturated rings. The van der Waals surface area contributed by atoms with E-state index in [4.69, 9.17) is 19.7 Å². The van der Waals surface area contributed by atoms with Gasteiger partial charge in [0.15, 0.2) is 11.5 Å². The standard InChI is InChI=1S/C20H20N4O3.ClH/c21-16-10-24(9-15(16)13-4-2-1-3-5-13)11-19-22-20(23-27-19)14-6-7-17-18(8-14)26-12-25-17;/h1-8,15-16H,9-12,21H2;1H/t15-,16+;/m0./s1. The van der Waals surface area contributed by atoms with Crippen molar-refractivity contribution in [3.05, 3.63) is 60.0 Å². The Labute approximate surface area is 168 Å². The number of ether oxygens (including phenoxy) is 2. The molecule has 8 heteroatoms. The average Bonchev–Trinajstić information content (AvgIpc) is 3.42. The second kappa shape index (κ2) is 7.79. The highest BCUT2D eigenvalue weighted by Crippen LogP contribution is 2.35. The van der Waals surface area contributed by atoms with E-state index in [0.29, 0.717) is 29.9 Å². The highest BCUT2D eigenvalue weighted by atomic mass is 35.5. The normalized spacial score (nSPS) is 20.9. The Bertz CT molecular complexity index is 950. The molecule has 28 heavy (non-hydrogen) atoms. The van der Waals surface area contributed by atoms with Crippen molar-refractivity contribution in [1.82, 2.24) is 15.0 Å². The van der Waals surface area contributed by atoms with E-state index in [2.05, 4.69) is 39.3 Å². The Morgan fingerprint density at radius 2 is 1.86 bits per heavy atom.